The molecule has 2 aromatic carbocycles. The molecule has 0 radical (unpaired) electrons. The highest BCUT2D eigenvalue weighted by Gasteiger charge is 2.36. The number of amides is 2. The minimum atomic E-state index is -3.59. The minimum absolute atomic E-state index is 0.107. The third kappa shape index (κ3) is 4.26. The molecule has 30 heavy (non-hydrogen) atoms. The Labute approximate surface area is 177 Å². The third-order valence-electron chi connectivity index (χ3n) is 5.77. The predicted octanol–water partition coefficient (Wildman–Crippen LogP) is 3.35. The monoisotopic (exact) mass is 426 g/mol. The predicted molar refractivity (Wildman–Crippen MR) is 116 cm³/mol. The molecular weight excluding hydrogens is 400 g/mol. The van der Waals surface area contributed by atoms with E-state index in [0.717, 1.165) is 41.8 Å². The summed E-state index contributed by atoms with van der Waals surface area (Å²) in [7, 11) is -3.59. The van der Waals surface area contributed by atoms with E-state index in [-0.39, 0.29) is 34.8 Å². The highest BCUT2D eigenvalue weighted by molar-refractivity contribution is 7.91. The van der Waals surface area contributed by atoms with Gasteiger partial charge in [0.1, 0.15) is 0 Å². The summed E-state index contributed by atoms with van der Waals surface area (Å²) in [5.41, 5.74) is 3.43. The molecule has 1 aliphatic heterocycles. The van der Waals surface area contributed by atoms with E-state index in [1.807, 2.05) is 31.2 Å². The number of nitrogens with one attached hydrogen (secondary N) is 1. The minimum Gasteiger partial charge on any atom is -0.326 e. The van der Waals surface area contributed by atoms with E-state index < -0.39 is 9.84 Å². The number of carbonyl (C=O) groups is 2. The summed E-state index contributed by atoms with van der Waals surface area (Å²) in [4.78, 5) is 26.7. The third-order valence-corrected chi connectivity index (χ3v) is 7.48. The van der Waals surface area contributed by atoms with Crippen molar-refractivity contribution in [2.45, 2.75) is 43.9 Å². The SMILES string of the molecule is CCc1ccccc1NC(=O)CCS(=O)(=O)c1ccc2c(c1)CCN2C(=O)C1CC1. The summed E-state index contributed by atoms with van der Waals surface area (Å²) in [6.07, 6.45) is 3.23. The van der Waals surface area contributed by atoms with Crippen molar-refractivity contribution in [3.8, 4) is 0 Å². The van der Waals surface area contributed by atoms with Crippen molar-refractivity contribution in [3.63, 3.8) is 0 Å². The van der Waals surface area contributed by atoms with Gasteiger partial charge in [-0.1, -0.05) is 25.1 Å². The molecule has 0 saturated heterocycles. The molecule has 1 aliphatic carbocycles. The second kappa shape index (κ2) is 8.22. The number of nitrogens with zero attached hydrogens (tertiary/aromatic N) is 1. The van der Waals surface area contributed by atoms with Gasteiger partial charge in [0.2, 0.25) is 11.8 Å². The molecule has 0 aromatic heterocycles. The van der Waals surface area contributed by atoms with Gasteiger partial charge in [0.25, 0.3) is 0 Å². The molecule has 2 aromatic rings. The standard InChI is InChI=1S/C23H26N2O4S/c1-2-16-5-3-4-6-20(16)24-22(26)12-14-30(28,29)19-9-10-21-18(15-19)11-13-25(21)23(27)17-7-8-17/h3-6,9-10,15,17H,2,7-8,11-14H2,1H3,(H,24,26). The van der Waals surface area contributed by atoms with E-state index in [0.29, 0.717) is 13.0 Å². The topological polar surface area (TPSA) is 83.6 Å². The number of para-hydroxylation sites is 1. The lowest BCUT2D eigenvalue weighted by Crippen LogP contribution is -2.30. The van der Waals surface area contributed by atoms with Crippen LogP contribution in [0.25, 0.3) is 0 Å². The number of benzene rings is 2. The van der Waals surface area contributed by atoms with Crippen LogP contribution in [0.3, 0.4) is 0 Å². The summed E-state index contributed by atoms with van der Waals surface area (Å²) in [6, 6.07) is 12.5. The summed E-state index contributed by atoms with van der Waals surface area (Å²) in [5, 5.41) is 2.81. The lowest BCUT2D eigenvalue weighted by molar-refractivity contribution is -0.119. The zero-order chi connectivity index (χ0) is 21.3. The van der Waals surface area contributed by atoms with Crippen LogP contribution in [0.5, 0.6) is 0 Å². The Balaban J connectivity index is 1.41. The molecule has 0 atom stereocenters. The van der Waals surface area contributed by atoms with E-state index >= 15 is 0 Å². The summed E-state index contributed by atoms with van der Waals surface area (Å²) in [5.74, 6) is -0.290. The maximum atomic E-state index is 12.8. The van der Waals surface area contributed by atoms with Crippen molar-refractivity contribution in [3.05, 3.63) is 53.6 Å². The zero-order valence-corrected chi connectivity index (χ0v) is 17.9. The number of rotatable bonds is 7. The van der Waals surface area contributed by atoms with Crippen molar-refractivity contribution in [2.24, 2.45) is 5.92 Å². The molecule has 1 heterocycles. The lowest BCUT2D eigenvalue weighted by Gasteiger charge is -2.17. The highest BCUT2D eigenvalue weighted by atomic mass is 32.2. The Morgan fingerprint density at radius 2 is 1.90 bits per heavy atom. The van der Waals surface area contributed by atoms with Gasteiger partial charge in [0.15, 0.2) is 9.84 Å². The number of hydrogen-bond acceptors (Lipinski definition) is 4. The quantitative estimate of drug-likeness (QED) is 0.736. The van der Waals surface area contributed by atoms with Gasteiger partial charge < -0.3 is 10.2 Å². The fourth-order valence-electron chi connectivity index (χ4n) is 3.86. The molecule has 1 fully saturated rings. The Kier molecular flexibility index (Phi) is 5.64. The smallest absolute Gasteiger partial charge is 0.230 e. The van der Waals surface area contributed by atoms with Crippen molar-refractivity contribution >= 4 is 33.0 Å². The Hall–Kier alpha value is -2.67. The first-order chi connectivity index (χ1) is 14.4. The van der Waals surface area contributed by atoms with Crippen LogP contribution in [0.4, 0.5) is 11.4 Å². The van der Waals surface area contributed by atoms with Crippen LogP contribution in [0, 0.1) is 5.92 Å². The van der Waals surface area contributed by atoms with E-state index in [1.165, 1.54) is 0 Å². The second-order valence-corrected chi connectivity index (χ2v) is 10.0. The van der Waals surface area contributed by atoms with Crippen molar-refractivity contribution in [1.82, 2.24) is 0 Å². The van der Waals surface area contributed by atoms with Crippen LogP contribution in [-0.2, 0) is 32.3 Å². The normalized spacial score (nSPS) is 15.7. The Morgan fingerprint density at radius 1 is 1.13 bits per heavy atom. The van der Waals surface area contributed by atoms with Crippen molar-refractivity contribution < 1.29 is 18.0 Å². The number of anilines is 2. The van der Waals surface area contributed by atoms with Crippen LogP contribution in [-0.4, -0.2) is 32.5 Å². The van der Waals surface area contributed by atoms with E-state index in [4.69, 9.17) is 0 Å². The van der Waals surface area contributed by atoms with Crippen LogP contribution in [0.1, 0.15) is 37.3 Å². The number of aryl methyl sites for hydroxylation is 1. The molecular formula is C23H26N2O4S. The van der Waals surface area contributed by atoms with Crippen LogP contribution >= 0.6 is 0 Å². The molecule has 0 unspecified atom stereocenters. The van der Waals surface area contributed by atoms with Crippen LogP contribution in [0.15, 0.2) is 47.4 Å². The highest BCUT2D eigenvalue weighted by Crippen LogP contribution is 2.37. The lowest BCUT2D eigenvalue weighted by atomic mass is 10.1. The van der Waals surface area contributed by atoms with Gasteiger partial charge in [-0.05, 0) is 61.1 Å². The van der Waals surface area contributed by atoms with Gasteiger partial charge in [-0.2, -0.15) is 0 Å². The maximum Gasteiger partial charge on any atom is 0.230 e. The van der Waals surface area contributed by atoms with E-state index in [1.54, 1.807) is 23.1 Å². The van der Waals surface area contributed by atoms with Gasteiger partial charge in [0, 0.05) is 30.3 Å². The molecule has 2 aliphatic rings. The van der Waals surface area contributed by atoms with Gasteiger partial charge in [-0.3, -0.25) is 9.59 Å². The molecule has 0 bridgehead atoms. The van der Waals surface area contributed by atoms with E-state index in [2.05, 4.69) is 5.32 Å². The Morgan fingerprint density at radius 3 is 2.63 bits per heavy atom. The average molecular weight is 427 g/mol. The number of carbonyl (C=O) groups excluding carboxylic acids is 2. The second-order valence-electron chi connectivity index (χ2n) is 7.93. The molecule has 4 rings (SSSR count). The maximum absolute atomic E-state index is 12.8. The number of hydrogen-bond donors (Lipinski definition) is 1. The molecule has 1 N–H and O–H groups in total. The fraction of sp³-hybridized carbons (Fsp3) is 0.391. The molecule has 6 nitrogen and oxygen atoms in total. The van der Waals surface area contributed by atoms with E-state index in [9.17, 15) is 18.0 Å². The van der Waals surface area contributed by atoms with Gasteiger partial charge >= 0.3 is 0 Å². The van der Waals surface area contributed by atoms with Gasteiger partial charge in [0.05, 0.1) is 10.6 Å². The number of fused-ring (bicyclic) bond motifs is 1. The largest absolute Gasteiger partial charge is 0.326 e. The molecule has 2 amide bonds. The fourth-order valence-corrected chi connectivity index (χ4v) is 5.15. The van der Waals surface area contributed by atoms with Crippen LogP contribution < -0.4 is 10.2 Å². The zero-order valence-electron chi connectivity index (χ0n) is 17.1. The van der Waals surface area contributed by atoms with Crippen molar-refractivity contribution in [1.29, 1.82) is 0 Å². The molecule has 7 heteroatoms. The number of sulfone groups is 1. The van der Waals surface area contributed by atoms with Gasteiger partial charge in [-0.15, -0.1) is 0 Å². The first-order valence-corrected chi connectivity index (χ1v) is 12.1. The van der Waals surface area contributed by atoms with Crippen LogP contribution in [0.2, 0.25) is 0 Å². The molecule has 158 valence electrons. The van der Waals surface area contributed by atoms with Gasteiger partial charge in [-0.25, -0.2) is 8.42 Å². The Bertz CT molecular complexity index is 1090. The molecule has 1 saturated carbocycles. The first kappa shape index (κ1) is 20.6. The summed E-state index contributed by atoms with van der Waals surface area (Å²) in [6.45, 7) is 2.61. The summed E-state index contributed by atoms with van der Waals surface area (Å²) < 4.78 is 25.6. The summed E-state index contributed by atoms with van der Waals surface area (Å²) >= 11 is 0. The average Bonchev–Trinajstić information content (AvgIpc) is 3.51. The first-order valence-electron chi connectivity index (χ1n) is 10.4. The van der Waals surface area contributed by atoms with Crippen molar-refractivity contribution in [2.75, 3.05) is 22.5 Å². The molecule has 0 spiro atoms.